The molecule has 0 bridgehead atoms. The molecule has 1 aliphatic rings. The average molecular weight is 284 g/mol. The molecule has 0 radical (unpaired) electrons. The van der Waals surface area contributed by atoms with Gasteiger partial charge >= 0.3 is 0 Å². The third-order valence-corrected chi connectivity index (χ3v) is 4.52. The van der Waals surface area contributed by atoms with Crippen molar-refractivity contribution in [2.75, 3.05) is 32.1 Å². The summed E-state index contributed by atoms with van der Waals surface area (Å²) in [4.78, 5) is 9.55. The number of anilines is 1. The lowest BCUT2D eigenvalue weighted by atomic mass is 10.0. The van der Waals surface area contributed by atoms with Crippen LogP contribution in [0.15, 0.2) is 30.3 Å². The van der Waals surface area contributed by atoms with Crippen LogP contribution in [0, 0.1) is 0 Å². The van der Waals surface area contributed by atoms with Crippen molar-refractivity contribution >= 4 is 16.7 Å². The number of nitrogens with two attached hydrogens (primary N) is 1. The third kappa shape index (κ3) is 2.87. The van der Waals surface area contributed by atoms with Gasteiger partial charge in [0, 0.05) is 31.6 Å². The number of likely N-dealkylation sites (N-methyl/N-ethyl adjacent to an activating group) is 2. The van der Waals surface area contributed by atoms with Crippen LogP contribution in [0.25, 0.3) is 10.9 Å². The number of hydrogen-bond acceptors (Lipinski definition) is 4. The van der Waals surface area contributed by atoms with E-state index >= 15 is 0 Å². The molecule has 1 saturated heterocycles. The molecule has 1 aromatic heterocycles. The van der Waals surface area contributed by atoms with Crippen LogP contribution in [-0.2, 0) is 6.54 Å². The van der Waals surface area contributed by atoms with Crippen LogP contribution < -0.4 is 10.6 Å². The van der Waals surface area contributed by atoms with Gasteiger partial charge in [-0.2, -0.15) is 0 Å². The molecule has 0 amide bonds. The maximum Gasteiger partial charge on any atom is 0.129 e. The second-order valence-electron chi connectivity index (χ2n) is 6.03. The summed E-state index contributed by atoms with van der Waals surface area (Å²) in [6, 6.07) is 10.9. The van der Waals surface area contributed by atoms with E-state index < -0.39 is 0 Å². The van der Waals surface area contributed by atoms with Crippen molar-refractivity contribution in [1.82, 2.24) is 9.88 Å². The lowest BCUT2D eigenvalue weighted by molar-refractivity contribution is 0.247. The standard InChI is InChI=1S/C17H24N4/c1-20-9-5-6-14(12-20)21(2)17-10-13(11-18)15-7-3-4-8-16(15)19-17/h3-4,7-8,10,14H,5-6,9,11-12,18H2,1-2H3. The van der Waals surface area contributed by atoms with E-state index in [9.17, 15) is 0 Å². The number of likely N-dealkylation sites (tertiary alicyclic amines) is 1. The Hall–Kier alpha value is -1.65. The summed E-state index contributed by atoms with van der Waals surface area (Å²) >= 11 is 0. The second-order valence-corrected chi connectivity index (χ2v) is 6.03. The summed E-state index contributed by atoms with van der Waals surface area (Å²) in [6.07, 6.45) is 2.48. The molecule has 2 aromatic rings. The van der Waals surface area contributed by atoms with Gasteiger partial charge in [-0.05, 0) is 44.1 Å². The van der Waals surface area contributed by atoms with Crippen molar-refractivity contribution in [2.24, 2.45) is 5.73 Å². The first-order chi connectivity index (χ1) is 10.2. The fourth-order valence-electron chi connectivity index (χ4n) is 3.22. The summed E-state index contributed by atoms with van der Waals surface area (Å²) in [6.45, 7) is 2.85. The lowest BCUT2D eigenvalue weighted by Crippen LogP contribution is -2.45. The Morgan fingerprint density at radius 1 is 1.38 bits per heavy atom. The molecular weight excluding hydrogens is 260 g/mol. The Kier molecular flexibility index (Phi) is 4.08. The zero-order chi connectivity index (χ0) is 14.8. The molecule has 4 heteroatoms. The molecule has 0 saturated carbocycles. The van der Waals surface area contributed by atoms with Crippen LogP contribution in [0.2, 0.25) is 0 Å². The quantitative estimate of drug-likeness (QED) is 0.939. The molecule has 3 rings (SSSR count). The SMILES string of the molecule is CN1CCCC(N(C)c2cc(CN)c3ccccc3n2)C1. The van der Waals surface area contributed by atoms with E-state index in [1.807, 2.05) is 12.1 Å². The van der Waals surface area contributed by atoms with Crippen LogP contribution in [-0.4, -0.2) is 43.1 Å². The highest BCUT2D eigenvalue weighted by atomic mass is 15.2. The van der Waals surface area contributed by atoms with Gasteiger partial charge in [-0.1, -0.05) is 18.2 Å². The van der Waals surface area contributed by atoms with E-state index in [0.29, 0.717) is 12.6 Å². The van der Waals surface area contributed by atoms with Crippen LogP contribution in [0.3, 0.4) is 0 Å². The van der Waals surface area contributed by atoms with Gasteiger partial charge in [0.25, 0.3) is 0 Å². The number of hydrogen-bond donors (Lipinski definition) is 1. The summed E-state index contributed by atoms with van der Waals surface area (Å²) < 4.78 is 0. The topological polar surface area (TPSA) is 45.4 Å². The van der Waals surface area contributed by atoms with Gasteiger partial charge < -0.3 is 15.5 Å². The first-order valence-corrected chi connectivity index (χ1v) is 7.69. The maximum atomic E-state index is 5.93. The number of piperidine rings is 1. The number of benzene rings is 1. The van der Waals surface area contributed by atoms with Crippen LogP contribution in [0.1, 0.15) is 18.4 Å². The molecule has 112 valence electrons. The Bertz CT molecular complexity index is 625. The fourth-order valence-corrected chi connectivity index (χ4v) is 3.22. The molecule has 2 heterocycles. The number of nitrogens with zero attached hydrogens (tertiary/aromatic N) is 3. The Balaban J connectivity index is 1.95. The largest absolute Gasteiger partial charge is 0.355 e. The fraction of sp³-hybridized carbons (Fsp3) is 0.471. The van der Waals surface area contributed by atoms with E-state index in [2.05, 4.69) is 42.1 Å². The highest BCUT2D eigenvalue weighted by Gasteiger charge is 2.22. The monoisotopic (exact) mass is 284 g/mol. The number of aromatic nitrogens is 1. The zero-order valence-electron chi connectivity index (χ0n) is 12.9. The molecule has 1 atom stereocenters. The normalized spacial score (nSPS) is 19.9. The molecule has 1 fully saturated rings. The number of fused-ring (bicyclic) bond motifs is 1. The van der Waals surface area contributed by atoms with Gasteiger partial charge in [0.15, 0.2) is 0 Å². The van der Waals surface area contributed by atoms with Gasteiger partial charge in [0.2, 0.25) is 0 Å². The molecule has 1 aromatic carbocycles. The van der Waals surface area contributed by atoms with E-state index in [4.69, 9.17) is 10.7 Å². The molecule has 1 aliphatic heterocycles. The Morgan fingerprint density at radius 2 is 2.19 bits per heavy atom. The minimum absolute atomic E-state index is 0.531. The van der Waals surface area contributed by atoms with Crippen molar-refractivity contribution in [3.05, 3.63) is 35.9 Å². The van der Waals surface area contributed by atoms with E-state index in [1.54, 1.807) is 0 Å². The van der Waals surface area contributed by atoms with Gasteiger partial charge in [-0.25, -0.2) is 4.98 Å². The molecule has 1 unspecified atom stereocenters. The minimum Gasteiger partial charge on any atom is -0.355 e. The Morgan fingerprint density at radius 3 is 2.95 bits per heavy atom. The van der Waals surface area contributed by atoms with E-state index in [-0.39, 0.29) is 0 Å². The predicted molar refractivity (Wildman–Crippen MR) is 88.6 cm³/mol. The lowest BCUT2D eigenvalue weighted by Gasteiger charge is -2.36. The molecule has 0 spiro atoms. The van der Waals surface area contributed by atoms with Crippen LogP contribution in [0.5, 0.6) is 0 Å². The zero-order valence-corrected chi connectivity index (χ0v) is 12.9. The van der Waals surface area contributed by atoms with E-state index in [1.165, 1.54) is 24.9 Å². The molecule has 4 nitrogen and oxygen atoms in total. The predicted octanol–water partition coefficient (Wildman–Crippen LogP) is 2.22. The van der Waals surface area contributed by atoms with Gasteiger partial charge in [-0.15, -0.1) is 0 Å². The first kappa shape index (κ1) is 14.3. The first-order valence-electron chi connectivity index (χ1n) is 7.69. The van der Waals surface area contributed by atoms with Crippen molar-refractivity contribution < 1.29 is 0 Å². The van der Waals surface area contributed by atoms with Crippen LogP contribution in [0.4, 0.5) is 5.82 Å². The van der Waals surface area contributed by atoms with Crippen molar-refractivity contribution in [3.8, 4) is 0 Å². The number of para-hydroxylation sites is 1. The molecule has 2 N–H and O–H groups in total. The molecular formula is C17H24N4. The van der Waals surface area contributed by atoms with Crippen molar-refractivity contribution in [1.29, 1.82) is 0 Å². The van der Waals surface area contributed by atoms with Gasteiger partial charge in [0.05, 0.1) is 5.52 Å². The summed E-state index contributed by atoms with van der Waals surface area (Å²) in [5, 5.41) is 1.16. The van der Waals surface area contributed by atoms with Gasteiger partial charge in [-0.3, -0.25) is 0 Å². The van der Waals surface area contributed by atoms with Crippen molar-refractivity contribution in [2.45, 2.75) is 25.4 Å². The van der Waals surface area contributed by atoms with Gasteiger partial charge in [0.1, 0.15) is 5.82 Å². The molecule has 21 heavy (non-hydrogen) atoms. The summed E-state index contributed by atoms with van der Waals surface area (Å²) in [5.74, 6) is 1.04. The highest BCUT2D eigenvalue weighted by molar-refractivity contribution is 5.84. The van der Waals surface area contributed by atoms with E-state index in [0.717, 1.165) is 23.3 Å². The number of pyridine rings is 1. The maximum absolute atomic E-state index is 5.93. The highest BCUT2D eigenvalue weighted by Crippen LogP contribution is 2.25. The molecule has 0 aliphatic carbocycles. The Labute approximate surface area is 126 Å². The minimum atomic E-state index is 0.531. The summed E-state index contributed by atoms with van der Waals surface area (Å²) in [7, 11) is 4.35. The average Bonchev–Trinajstić information content (AvgIpc) is 2.53. The number of rotatable bonds is 3. The smallest absolute Gasteiger partial charge is 0.129 e. The van der Waals surface area contributed by atoms with Crippen LogP contribution >= 0.6 is 0 Å². The third-order valence-electron chi connectivity index (χ3n) is 4.52. The summed E-state index contributed by atoms with van der Waals surface area (Å²) in [5.41, 5.74) is 8.14. The second kappa shape index (κ2) is 6.00. The van der Waals surface area contributed by atoms with Crippen molar-refractivity contribution in [3.63, 3.8) is 0 Å².